The van der Waals surface area contributed by atoms with Gasteiger partial charge in [-0.15, -0.1) is 0 Å². The third kappa shape index (κ3) is 8.44. The van der Waals surface area contributed by atoms with Crippen LogP contribution in [0.2, 0.25) is 0 Å². The van der Waals surface area contributed by atoms with Crippen LogP contribution in [0.25, 0.3) is 11.1 Å². The first-order valence-corrected chi connectivity index (χ1v) is 13.8. The molecule has 4 aromatic carbocycles. The number of ether oxygens (including phenoxy) is 4. The van der Waals surface area contributed by atoms with Crippen LogP contribution in [0.5, 0.6) is 23.0 Å². The van der Waals surface area contributed by atoms with E-state index in [0.717, 1.165) is 17.5 Å². The molecule has 1 amide bonds. The van der Waals surface area contributed by atoms with Gasteiger partial charge in [0.1, 0.15) is 11.5 Å². The Morgan fingerprint density at radius 2 is 1.50 bits per heavy atom. The number of nitrogens with zero attached hydrogens (tertiary/aromatic N) is 1. The van der Waals surface area contributed by atoms with Crippen molar-refractivity contribution in [3.8, 4) is 34.1 Å². The summed E-state index contributed by atoms with van der Waals surface area (Å²) in [5.74, 6) is 0.996. The summed E-state index contributed by atoms with van der Waals surface area (Å²) in [5, 5.41) is 4.05. The summed E-state index contributed by atoms with van der Waals surface area (Å²) in [6.45, 7) is 6.49. The topological polar surface area (TPSA) is 95.5 Å². The number of carbonyl (C=O) groups is 2. The normalized spacial score (nSPS) is 11.5. The summed E-state index contributed by atoms with van der Waals surface area (Å²) in [6.07, 6.45) is 1.61. The van der Waals surface area contributed by atoms with Crippen LogP contribution in [0, 0.1) is 0 Å². The summed E-state index contributed by atoms with van der Waals surface area (Å²) in [7, 11) is 0. The number of esters is 1. The van der Waals surface area contributed by atoms with Crippen LogP contribution in [0.1, 0.15) is 43.1 Å². The Labute approximate surface area is 245 Å². The van der Waals surface area contributed by atoms with Crippen LogP contribution < -0.4 is 24.4 Å². The maximum Gasteiger partial charge on any atom is 0.343 e. The predicted octanol–water partition coefficient (Wildman–Crippen LogP) is 6.68. The SMILES string of the molecule is CCCOc1ccc(C(=O)Oc2ccc(/C=N/NC(=O)C(C)Oc3ccc(-c4ccccc4)cc3)cc2OCC)cc1. The van der Waals surface area contributed by atoms with E-state index in [1.165, 1.54) is 6.21 Å². The van der Waals surface area contributed by atoms with Gasteiger partial charge < -0.3 is 18.9 Å². The van der Waals surface area contributed by atoms with E-state index < -0.39 is 18.0 Å². The van der Waals surface area contributed by atoms with Crippen LogP contribution in [0.3, 0.4) is 0 Å². The van der Waals surface area contributed by atoms with E-state index in [9.17, 15) is 9.59 Å². The number of hydrogen-bond acceptors (Lipinski definition) is 7. The monoisotopic (exact) mass is 566 g/mol. The molecule has 8 nitrogen and oxygen atoms in total. The first kappa shape index (κ1) is 29.9. The first-order valence-electron chi connectivity index (χ1n) is 13.8. The zero-order chi connectivity index (χ0) is 29.7. The summed E-state index contributed by atoms with van der Waals surface area (Å²) in [6, 6.07) is 29.3. The van der Waals surface area contributed by atoms with Crippen LogP contribution in [-0.4, -0.2) is 37.4 Å². The lowest BCUT2D eigenvalue weighted by atomic mass is 10.1. The minimum absolute atomic E-state index is 0.273. The second-order valence-corrected chi connectivity index (χ2v) is 9.29. The van der Waals surface area contributed by atoms with Gasteiger partial charge in [-0.25, -0.2) is 10.2 Å². The molecule has 0 fully saturated rings. The average Bonchev–Trinajstić information content (AvgIpc) is 3.02. The van der Waals surface area contributed by atoms with Crippen molar-refractivity contribution in [3.63, 3.8) is 0 Å². The van der Waals surface area contributed by atoms with Crippen molar-refractivity contribution in [2.45, 2.75) is 33.3 Å². The third-order valence-corrected chi connectivity index (χ3v) is 6.07. The molecule has 1 unspecified atom stereocenters. The van der Waals surface area contributed by atoms with Gasteiger partial charge in [0.2, 0.25) is 0 Å². The van der Waals surface area contributed by atoms with Crippen molar-refractivity contribution in [1.29, 1.82) is 0 Å². The lowest BCUT2D eigenvalue weighted by Gasteiger charge is -2.13. The number of hydrogen-bond donors (Lipinski definition) is 1. The van der Waals surface area contributed by atoms with Gasteiger partial charge >= 0.3 is 5.97 Å². The molecule has 0 aliphatic carbocycles. The van der Waals surface area contributed by atoms with Crippen molar-refractivity contribution < 1.29 is 28.5 Å². The number of rotatable bonds is 13. The standard InChI is InChI=1S/C34H34N2O6/c1-4-21-40-29-16-14-28(15-17-29)34(38)42-31-20-11-25(22-32(31)39-5-2)23-35-36-33(37)24(3)41-30-18-12-27(13-19-30)26-9-7-6-8-10-26/h6-20,22-24H,4-5,21H2,1-3H3,(H,36,37)/b35-23+. The molecule has 0 radical (unpaired) electrons. The van der Waals surface area contributed by atoms with Crippen molar-refractivity contribution in [1.82, 2.24) is 5.43 Å². The maximum atomic E-state index is 12.7. The van der Waals surface area contributed by atoms with Gasteiger partial charge in [-0.3, -0.25) is 4.79 Å². The number of carbonyl (C=O) groups excluding carboxylic acids is 2. The lowest BCUT2D eigenvalue weighted by Crippen LogP contribution is -2.33. The average molecular weight is 567 g/mol. The molecule has 4 rings (SSSR count). The zero-order valence-electron chi connectivity index (χ0n) is 23.9. The lowest BCUT2D eigenvalue weighted by molar-refractivity contribution is -0.127. The molecule has 0 heterocycles. The van der Waals surface area contributed by atoms with Gasteiger partial charge in [0, 0.05) is 0 Å². The zero-order valence-corrected chi connectivity index (χ0v) is 23.9. The van der Waals surface area contributed by atoms with Crippen molar-refractivity contribution in [2.24, 2.45) is 5.10 Å². The molecule has 0 aliphatic heterocycles. The maximum absolute atomic E-state index is 12.7. The molecule has 0 saturated heterocycles. The van der Waals surface area contributed by atoms with E-state index in [0.29, 0.717) is 41.6 Å². The van der Waals surface area contributed by atoms with E-state index in [-0.39, 0.29) is 5.75 Å². The second-order valence-electron chi connectivity index (χ2n) is 9.29. The molecule has 4 aromatic rings. The second kappa shape index (κ2) is 15.0. The molecular weight excluding hydrogens is 532 g/mol. The molecule has 0 saturated carbocycles. The van der Waals surface area contributed by atoms with Gasteiger partial charge in [-0.1, -0.05) is 49.4 Å². The van der Waals surface area contributed by atoms with Crippen LogP contribution >= 0.6 is 0 Å². The molecule has 1 atom stereocenters. The highest BCUT2D eigenvalue weighted by atomic mass is 16.6. The van der Waals surface area contributed by atoms with Gasteiger partial charge in [-0.2, -0.15) is 5.10 Å². The minimum atomic E-state index is -0.766. The number of benzene rings is 4. The smallest absolute Gasteiger partial charge is 0.343 e. The summed E-state index contributed by atoms with van der Waals surface area (Å²) in [5.41, 5.74) is 5.68. The van der Waals surface area contributed by atoms with Crippen LogP contribution in [-0.2, 0) is 4.79 Å². The highest BCUT2D eigenvalue weighted by molar-refractivity contribution is 5.92. The van der Waals surface area contributed by atoms with E-state index in [4.69, 9.17) is 18.9 Å². The fourth-order valence-electron chi connectivity index (χ4n) is 3.90. The van der Waals surface area contributed by atoms with Gasteiger partial charge in [-0.05, 0) is 91.6 Å². The molecule has 1 N–H and O–H groups in total. The predicted molar refractivity (Wildman–Crippen MR) is 163 cm³/mol. The quantitative estimate of drug-likeness (QED) is 0.0840. The Bertz CT molecular complexity index is 1490. The van der Waals surface area contributed by atoms with E-state index in [1.54, 1.807) is 49.4 Å². The van der Waals surface area contributed by atoms with E-state index in [1.807, 2.05) is 68.4 Å². The molecule has 0 aliphatic rings. The fraction of sp³-hybridized carbons (Fsp3) is 0.206. The largest absolute Gasteiger partial charge is 0.494 e. The van der Waals surface area contributed by atoms with Crippen LogP contribution in [0.4, 0.5) is 0 Å². The first-order chi connectivity index (χ1) is 20.5. The molecule has 0 aromatic heterocycles. The highest BCUT2D eigenvalue weighted by Gasteiger charge is 2.15. The Kier molecular flexibility index (Phi) is 10.7. The molecule has 42 heavy (non-hydrogen) atoms. The molecular formula is C34H34N2O6. The Morgan fingerprint density at radius 1 is 0.810 bits per heavy atom. The van der Waals surface area contributed by atoms with Crippen molar-refractivity contribution >= 4 is 18.1 Å². The van der Waals surface area contributed by atoms with Crippen molar-refractivity contribution in [2.75, 3.05) is 13.2 Å². The Hall–Kier alpha value is -5.11. The van der Waals surface area contributed by atoms with Gasteiger partial charge in [0.05, 0.1) is 25.0 Å². The minimum Gasteiger partial charge on any atom is -0.494 e. The van der Waals surface area contributed by atoms with Crippen molar-refractivity contribution in [3.05, 3.63) is 108 Å². The molecule has 216 valence electrons. The van der Waals surface area contributed by atoms with Crippen LogP contribution in [0.15, 0.2) is 102 Å². The summed E-state index contributed by atoms with van der Waals surface area (Å²) in [4.78, 5) is 25.2. The highest BCUT2D eigenvalue weighted by Crippen LogP contribution is 2.29. The number of hydrazone groups is 1. The van der Waals surface area contributed by atoms with E-state index >= 15 is 0 Å². The fourth-order valence-corrected chi connectivity index (χ4v) is 3.90. The molecule has 0 spiro atoms. The summed E-state index contributed by atoms with van der Waals surface area (Å²) >= 11 is 0. The Balaban J connectivity index is 1.32. The number of amides is 1. The van der Waals surface area contributed by atoms with E-state index in [2.05, 4.69) is 10.5 Å². The number of nitrogens with one attached hydrogen (secondary N) is 1. The molecule has 0 bridgehead atoms. The van der Waals surface area contributed by atoms with Gasteiger partial charge in [0.15, 0.2) is 17.6 Å². The summed E-state index contributed by atoms with van der Waals surface area (Å²) < 4.78 is 22.6. The third-order valence-electron chi connectivity index (χ3n) is 6.07. The molecule has 8 heteroatoms. The Morgan fingerprint density at radius 3 is 2.19 bits per heavy atom. The van der Waals surface area contributed by atoms with Gasteiger partial charge in [0.25, 0.3) is 5.91 Å².